The molecule has 5 heteroatoms. The molecule has 3 aromatic rings. The summed E-state index contributed by atoms with van der Waals surface area (Å²) in [5.41, 5.74) is 3.30. The molecule has 1 aromatic heterocycles. The normalized spacial score (nSPS) is 10.3. The summed E-state index contributed by atoms with van der Waals surface area (Å²) in [6.45, 7) is 2.03. The number of amides is 1. The lowest BCUT2D eigenvalue weighted by Gasteiger charge is -2.05. The van der Waals surface area contributed by atoms with Crippen LogP contribution in [0.15, 0.2) is 65.2 Å². The fraction of sp³-hybridized carbons (Fsp3) is 0.111. The molecule has 0 aliphatic carbocycles. The van der Waals surface area contributed by atoms with E-state index in [0.717, 1.165) is 11.1 Å². The van der Waals surface area contributed by atoms with Crippen molar-refractivity contribution >= 4 is 11.8 Å². The molecule has 0 saturated heterocycles. The van der Waals surface area contributed by atoms with E-state index in [4.69, 9.17) is 9.26 Å². The van der Waals surface area contributed by atoms with Crippen molar-refractivity contribution in [2.45, 2.75) is 13.5 Å². The summed E-state index contributed by atoms with van der Waals surface area (Å²) >= 11 is 0. The Balaban J connectivity index is 1.55. The number of nitrogens with one attached hydrogen (secondary N) is 1. The summed E-state index contributed by atoms with van der Waals surface area (Å²) in [6, 6.07) is 18.9. The zero-order chi connectivity index (χ0) is 16.1. The summed E-state index contributed by atoms with van der Waals surface area (Å²) in [7, 11) is 0. The van der Waals surface area contributed by atoms with Gasteiger partial charge in [-0.3, -0.25) is 5.32 Å². The Morgan fingerprint density at radius 1 is 1.13 bits per heavy atom. The van der Waals surface area contributed by atoms with Crippen LogP contribution in [-0.4, -0.2) is 11.2 Å². The van der Waals surface area contributed by atoms with Gasteiger partial charge in [-0.1, -0.05) is 53.2 Å². The molecule has 0 fully saturated rings. The monoisotopic (exact) mass is 308 g/mol. The number of carbonyl (C=O) groups excluding carboxylic acids is 1. The molecule has 5 nitrogen and oxygen atoms in total. The van der Waals surface area contributed by atoms with E-state index in [9.17, 15) is 4.79 Å². The van der Waals surface area contributed by atoms with Gasteiger partial charge < -0.3 is 9.26 Å². The zero-order valence-electron chi connectivity index (χ0n) is 12.7. The van der Waals surface area contributed by atoms with Gasteiger partial charge in [0.2, 0.25) is 0 Å². The lowest BCUT2D eigenvalue weighted by molar-refractivity contribution is 0.152. The molecule has 0 spiro atoms. The highest BCUT2D eigenvalue weighted by Crippen LogP contribution is 2.20. The van der Waals surface area contributed by atoms with Crippen LogP contribution in [0.5, 0.6) is 0 Å². The van der Waals surface area contributed by atoms with Crippen LogP contribution in [0.25, 0.3) is 11.3 Å². The standard InChI is InChI=1S/C18H16N2O3/c1-13-7-9-15(10-8-13)19-18(21)22-12-16-11-17(23-20-16)14-5-3-2-4-6-14/h2-11H,12H2,1H3,(H,19,21). The maximum Gasteiger partial charge on any atom is 0.412 e. The number of carbonyl (C=O) groups is 1. The number of aromatic nitrogens is 1. The summed E-state index contributed by atoms with van der Waals surface area (Å²) in [4.78, 5) is 11.8. The van der Waals surface area contributed by atoms with Gasteiger partial charge in [-0.25, -0.2) is 4.79 Å². The number of rotatable bonds is 4. The Hall–Kier alpha value is -3.08. The van der Waals surface area contributed by atoms with Crippen molar-refractivity contribution in [3.63, 3.8) is 0 Å². The first-order chi connectivity index (χ1) is 11.2. The van der Waals surface area contributed by atoms with Gasteiger partial charge in [0.1, 0.15) is 12.3 Å². The minimum atomic E-state index is -0.530. The Morgan fingerprint density at radius 2 is 1.87 bits per heavy atom. The van der Waals surface area contributed by atoms with Gasteiger partial charge in [0, 0.05) is 17.3 Å². The average molecular weight is 308 g/mol. The Kier molecular flexibility index (Phi) is 4.38. The van der Waals surface area contributed by atoms with Gasteiger partial charge in [-0.2, -0.15) is 0 Å². The SMILES string of the molecule is Cc1ccc(NC(=O)OCc2cc(-c3ccccc3)on2)cc1. The third-order valence-electron chi connectivity index (χ3n) is 3.27. The van der Waals surface area contributed by atoms with E-state index in [0.29, 0.717) is 17.1 Å². The molecule has 0 saturated carbocycles. The van der Waals surface area contributed by atoms with E-state index in [1.54, 1.807) is 6.07 Å². The van der Waals surface area contributed by atoms with Crippen molar-refractivity contribution in [2.75, 3.05) is 5.32 Å². The molecule has 0 aliphatic heterocycles. The first-order valence-electron chi connectivity index (χ1n) is 7.22. The number of hydrogen-bond donors (Lipinski definition) is 1. The van der Waals surface area contributed by atoms with E-state index in [1.807, 2.05) is 61.5 Å². The molecular weight excluding hydrogens is 292 g/mol. The molecule has 23 heavy (non-hydrogen) atoms. The summed E-state index contributed by atoms with van der Waals surface area (Å²) < 4.78 is 10.4. The number of aryl methyl sites for hydroxylation is 1. The van der Waals surface area contributed by atoms with Crippen molar-refractivity contribution in [2.24, 2.45) is 0 Å². The van der Waals surface area contributed by atoms with Crippen LogP contribution in [0, 0.1) is 6.92 Å². The van der Waals surface area contributed by atoms with Gasteiger partial charge in [0.15, 0.2) is 5.76 Å². The molecule has 1 N–H and O–H groups in total. The number of benzene rings is 2. The van der Waals surface area contributed by atoms with Gasteiger partial charge in [-0.15, -0.1) is 0 Å². The Morgan fingerprint density at radius 3 is 2.61 bits per heavy atom. The highest BCUT2D eigenvalue weighted by Gasteiger charge is 2.09. The Bertz CT molecular complexity index is 780. The average Bonchev–Trinajstić information content (AvgIpc) is 3.05. The van der Waals surface area contributed by atoms with Crippen molar-refractivity contribution in [1.29, 1.82) is 0 Å². The molecule has 0 atom stereocenters. The second-order valence-corrected chi connectivity index (χ2v) is 5.12. The minimum absolute atomic E-state index is 0.0496. The summed E-state index contributed by atoms with van der Waals surface area (Å²) in [5.74, 6) is 0.642. The van der Waals surface area contributed by atoms with Crippen LogP contribution >= 0.6 is 0 Å². The van der Waals surface area contributed by atoms with Gasteiger partial charge >= 0.3 is 6.09 Å². The van der Waals surface area contributed by atoms with Crippen LogP contribution < -0.4 is 5.32 Å². The van der Waals surface area contributed by atoms with E-state index < -0.39 is 6.09 Å². The van der Waals surface area contributed by atoms with Gasteiger partial charge in [0.25, 0.3) is 0 Å². The zero-order valence-corrected chi connectivity index (χ0v) is 12.7. The minimum Gasteiger partial charge on any atom is -0.443 e. The number of anilines is 1. The predicted octanol–water partition coefficient (Wildman–Crippen LogP) is 4.40. The maximum atomic E-state index is 11.8. The molecule has 0 bridgehead atoms. The number of nitrogens with zero attached hydrogens (tertiary/aromatic N) is 1. The second-order valence-electron chi connectivity index (χ2n) is 5.12. The molecule has 116 valence electrons. The van der Waals surface area contributed by atoms with Crippen molar-refractivity contribution in [1.82, 2.24) is 5.16 Å². The molecule has 0 unspecified atom stereocenters. The van der Waals surface area contributed by atoms with E-state index in [-0.39, 0.29) is 6.61 Å². The van der Waals surface area contributed by atoms with Crippen LogP contribution in [0.2, 0.25) is 0 Å². The fourth-order valence-electron chi connectivity index (χ4n) is 2.05. The topological polar surface area (TPSA) is 64.4 Å². The highest BCUT2D eigenvalue weighted by atomic mass is 16.6. The molecule has 0 radical (unpaired) electrons. The smallest absolute Gasteiger partial charge is 0.412 e. The van der Waals surface area contributed by atoms with Crippen LogP contribution in [0.1, 0.15) is 11.3 Å². The third kappa shape index (κ3) is 3.97. The van der Waals surface area contributed by atoms with Gasteiger partial charge in [0.05, 0.1) is 0 Å². The van der Waals surface area contributed by atoms with Crippen LogP contribution in [-0.2, 0) is 11.3 Å². The maximum absolute atomic E-state index is 11.8. The number of ether oxygens (including phenoxy) is 1. The Labute approximate surface area is 133 Å². The van der Waals surface area contributed by atoms with Crippen LogP contribution in [0.4, 0.5) is 10.5 Å². The first-order valence-corrected chi connectivity index (χ1v) is 7.22. The molecular formula is C18H16N2O3. The van der Waals surface area contributed by atoms with E-state index in [2.05, 4.69) is 10.5 Å². The molecule has 1 heterocycles. The predicted molar refractivity (Wildman–Crippen MR) is 86.9 cm³/mol. The molecule has 3 rings (SSSR count). The van der Waals surface area contributed by atoms with Crippen molar-refractivity contribution in [3.05, 3.63) is 71.9 Å². The summed E-state index contributed by atoms with van der Waals surface area (Å²) in [6.07, 6.45) is -0.530. The molecule has 1 amide bonds. The lowest BCUT2D eigenvalue weighted by Crippen LogP contribution is -2.13. The molecule has 2 aromatic carbocycles. The van der Waals surface area contributed by atoms with E-state index in [1.165, 1.54) is 0 Å². The first kappa shape index (κ1) is 14.8. The van der Waals surface area contributed by atoms with Crippen molar-refractivity contribution in [3.8, 4) is 11.3 Å². The van der Waals surface area contributed by atoms with E-state index >= 15 is 0 Å². The van der Waals surface area contributed by atoms with Gasteiger partial charge in [-0.05, 0) is 19.1 Å². The third-order valence-corrected chi connectivity index (χ3v) is 3.27. The fourth-order valence-corrected chi connectivity index (χ4v) is 2.05. The van der Waals surface area contributed by atoms with Crippen LogP contribution in [0.3, 0.4) is 0 Å². The second kappa shape index (κ2) is 6.79. The quantitative estimate of drug-likeness (QED) is 0.776. The largest absolute Gasteiger partial charge is 0.443 e. The van der Waals surface area contributed by atoms with Crippen molar-refractivity contribution < 1.29 is 14.1 Å². The highest BCUT2D eigenvalue weighted by molar-refractivity contribution is 5.84. The number of hydrogen-bond acceptors (Lipinski definition) is 4. The summed E-state index contributed by atoms with van der Waals surface area (Å²) in [5, 5.41) is 6.56. The lowest BCUT2D eigenvalue weighted by atomic mass is 10.2. The molecule has 0 aliphatic rings.